The summed E-state index contributed by atoms with van der Waals surface area (Å²) in [6.07, 6.45) is -8.03. The average molecular weight is 560 g/mol. The Labute approximate surface area is 225 Å². The molecule has 1 aliphatic rings. The third-order valence-electron chi connectivity index (χ3n) is 4.94. The molecule has 1 aliphatic heterocycles. The topological polar surface area (TPSA) is 46.6 Å². The van der Waals surface area contributed by atoms with Gasteiger partial charge in [0.1, 0.15) is 5.78 Å². The number of ether oxygens (including phenoxy) is 1. The minimum Gasteiger partial charge on any atom is -0.378 e. The molecule has 1 heterocycles. The molecule has 0 unspecified atom stereocenters. The minimum atomic E-state index is -4.92. The van der Waals surface area contributed by atoms with Crippen LogP contribution in [0.1, 0.15) is 105 Å². The largest absolute Gasteiger partial charge is 0.416 e. The summed E-state index contributed by atoms with van der Waals surface area (Å²) >= 11 is 0. The number of Topliss-reactive ketones (excluding diaryl/α,β-unsaturated/α-hetero) is 1. The lowest BCUT2D eigenvalue weighted by Crippen LogP contribution is -2.39. The molecule has 0 aromatic heterocycles. The number of morpholine rings is 1. The number of carbonyl (C=O) groups excluding carboxylic acids is 2. The van der Waals surface area contributed by atoms with Gasteiger partial charge in [-0.2, -0.15) is 26.3 Å². The van der Waals surface area contributed by atoms with Gasteiger partial charge in [0, 0.05) is 31.8 Å². The smallest absolute Gasteiger partial charge is 0.378 e. The Balaban J connectivity index is -0.000000629. The molecule has 1 amide bonds. The molecule has 224 valence electrons. The second kappa shape index (κ2) is 19.9. The zero-order valence-electron chi connectivity index (χ0n) is 24.6. The van der Waals surface area contributed by atoms with Crippen LogP contribution in [-0.2, 0) is 32.1 Å². The average Bonchev–Trinajstić information content (AvgIpc) is 2.86. The van der Waals surface area contributed by atoms with Gasteiger partial charge < -0.3 is 9.64 Å². The summed E-state index contributed by atoms with van der Waals surface area (Å²) in [5.41, 5.74) is -4.52. The Kier molecular flexibility index (Phi) is 21.1. The number of ketones is 1. The van der Waals surface area contributed by atoms with Crippen molar-refractivity contribution in [2.45, 2.75) is 106 Å². The van der Waals surface area contributed by atoms with E-state index in [-0.39, 0.29) is 24.0 Å². The first-order chi connectivity index (χ1) is 17.5. The number of benzene rings is 1. The SMILES string of the molecule is CC.CC.CC(=O)N1CCOCC1.CCC.CCCC(=O)C(C)(C)c1cc(C(F)(F)F)cc(C(F)(F)F)c1. The number of nitrogens with zero attached hydrogens (tertiary/aromatic N) is 1. The lowest BCUT2D eigenvalue weighted by atomic mass is 9.78. The van der Waals surface area contributed by atoms with Crippen LogP contribution in [0.15, 0.2) is 18.2 Å². The second-order valence-electron chi connectivity index (χ2n) is 8.42. The van der Waals surface area contributed by atoms with Gasteiger partial charge in [-0.25, -0.2) is 0 Å². The quantitative estimate of drug-likeness (QED) is 0.347. The zero-order chi connectivity index (χ0) is 30.7. The van der Waals surface area contributed by atoms with Gasteiger partial charge in [0.15, 0.2) is 0 Å². The van der Waals surface area contributed by atoms with Gasteiger partial charge in [0.2, 0.25) is 5.91 Å². The molecule has 10 heteroatoms. The summed E-state index contributed by atoms with van der Waals surface area (Å²) in [5, 5.41) is 0. The number of hydrogen-bond donors (Lipinski definition) is 0. The molecule has 4 nitrogen and oxygen atoms in total. The van der Waals surface area contributed by atoms with E-state index >= 15 is 0 Å². The second-order valence-corrected chi connectivity index (χ2v) is 8.42. The van der Waals surface area contributed by atoms with Crippen molar-refractivity contribution >= 4 is 11.7 Å². The molecule has 0 radical (unpaired) electrons. The fraction of sp³-hybridized carbons (Fsp3) is 0.714. The molecule has 0 atom stereocenters. The van der Waals surface area contributed by atoms with Crippen LogP contribution in [0.5, 0.6) is 0 Å². The predicted molar refractivity (Wildman–Crippen MR) is 141 cm³/mol. The summed E-state index contributed by atoms with van der Waals surface area (Å²) in [6.45, 7) is 21.1. The summed E-state index contributed by atoms with van der Waals surface area (Å²) in [5.74, 6) is -0.249. The number of halogens is 6. The summed E-state index contributed by atoms with van der Waals surface area (Å²) < 4.78 is 82.0. The van der Waals surface area contributed by atoms with E-state index < -0.39 is 34.7 Å². The summed E-state index contributed by atoms with van der Waals surface area (Å²) in [7, 11) is 0. The van der Waals surface area contributed by atoms with Crippen LogP contribution in [0.3, 0.4) is 0 Å². The molecule has 1 aromatic carbocycles. The van der Waals surface area contributed by atoms with Crippen molar-refractivity contribution in [3.63, 3.8) is 0 Å². The monoisotopic (exact) mass is 559 g/mol. The minimum absolute atomic E-state index is 0.0594. The summed E-state index contributed by atoms with van der Waals surface area (Å²) in [6, 6.07) is 1.29. The van der Waals surface area contributed by atoms with E-state index in [4.69, 9.17) is 4.74 Å². The number of rotatable bonds is 4. The lowest BCUT2D eigenvalue weighted by molar-refractivity contribution is -0.143. The van der Waals surface area contributed by atoms with E-state index in [0.29, 0.717) is 31.8 Å². The highest BCUT2D eigenvalue weighted by Gasteiger charge is 2.39. The molecular weight excluding hydrogens is 512 g/mol. The van der Waals surface area contributed by atoms with E-state index in [1.165, 1.54) is 20.3 Å². The van der Waals surface area contributed by atoms with Crippen LogP contribution < -0.4 is 0 Å². The Morgan fingerprint density at radius 2 is 1.13 bits per heavy atom. The zero-order valence-corrected chi connectivity index (χ0v) is 24.6. The number of carbonyl (C=O) groups is 2. The van der Waals surface area contributed by atoms with E-state index in [1.807, 2.05) is 27.7 Å². The number of alkyl halides is 6. The molecule has 2 rings (SSSR count). The van der Waals surface area contributed by atoms with Gasteiger partial charge in [-0.3, -0.25) is 9.59 Å². The van der Waals surface area contributed by atoms with Crippen LogP contribution in [0, 0.1) is 0 Å². The molecule has 1 aromatic rings. The molecule has 1 fully saturated rings. The van der Waals surface area contributed by atoms with Gasteiger partial charge in [0.25, 0.3) is 0 Å². The van der Waals surface area contributed by atoms with Gasteiger partial charge in [-0.15, -0.1) is 0 Å². The fourth-order valence-corrected chi connectivity index (χ4v) is 2.89. The maximum atomic E-state index is 12.8. The van der Waals surface area contributed by atoms with Gasteiger partial charge in [-0.05, 0) is 44.0 Å². The third-order valence-corrected chi connectivity index (χ3v) is 4.94. The van der Waals surface area contributed by atoms with Crippen molar-refractivity contribution in [2.75, 3.05) is 26.3 Å². The third kappa shape index (κ3) is 15.3. The molecule has 1 saturated heterocycles. The highest BCUT2D eigenvalue weighted by Crippen LogP contribution is 2.39. The standard InChI is InChI=1S/C15H16F6O.C6H11NO2.C3H8.2C2H6/c1-4-5-12(22)13(2,3)9-6-10(14(16,17)18)8-11(7-9)15(19,20)21;1-6(8)7-2-4-9-5-3-7;1-3-2;2*1-2/h6-8H,4-5H2,1-3H3;2-5H2,1H3;3H2,1-2H3;2*1-2H3. The van der Waals surface area contributed by atoms with E-state index in [1.54, 1.807) is 18.7 Å². The first-order valence-corrected chi connectivity index (χ1v) is 13.2. The summed E-state index contributed by atoms with van der Waals surface area (Å²) in [4.78, 5) is 24.5. The maximum Gasteiger partial charge on any atom is 0.416 e. The van der Waals surface area contributed by atoms with Crippen LogP contribution in [-0.4, -0.2) is 42.9 Å². The molecule has 0 bridgehead atoms. The number of amides is 1. The predicted octanol–water partition coefficient (Wildman–Crippen LogP) is 8.70. The molecule has 38 heavy (non-hydrogen) atoms. The normalized spacial score (nSPS) is 13.2. The molecule has 0 saturated carbocycles. The van der Waals surface area contributed by atoms with Crippen molar-refractivity contribution in [1.82, 2.24) is 4.90 Å². The van der Waals surface area contributed by atoms with E-state index in [2.05, 4.69) is 13.8 Å². The Morgan fingerprint density at radius 1 is 0.789 bits per heavy atom. The van der Waals surface area contributed by atoms with Gasteiger partial charge in [-0.1, -0.05) is 54.9 Å². The lowest BCUT2D eigenvalue weighted by Gasteiger charge is -2.26. The first kappa shape index (κ1) is 40.4. The van der Waals surface area contributed by atoms with Crippen LogP contribution in [0.4, 0.5) is 26.3 Å². The Bertz CT molecular complexity index is 752. The van der Waals surface area contributed by atoms with Crippen molar-refractivity contribution in [2.24, 2.45) is 0 Å². The van der Waals surface area contributed by atoms with Crippen molar-refractivity contribution in [3.8, 4) is 0 Å². The molecule has 0 N–H and O–H groups in total. The van der Waals surface area contributed by atoms with Gasteiger partial charge >= 0.3 is 12.4 Å². The molecule has 0 aliphatic carbocycles. The Morgan fingerprint density at radius 3 is 1.39 bits per heavy atom. The van der Waals surface area contributed by atoms with Crippen LogP contribution >= 0.6 is 0 Å². The number of hydrogen-bond acceptors (Lipinski definition) is 3. The van der Waals surface area contributed by atoms with Crippen molar-refractivity contribution < 1.29 is 40.7 Å². The van der Waals surface area contributed by atoms with E-state index in [0.717, 1.165) is 13.1 Å². The van der Waals surface area contributed by atoms with Crippen molar-refractivity contribution in [3.05, 3.63) is 34.9 Å². The fourth-order valence-electron chi connectivity index (χ4n) is 2.89. The first-order valence-electron chi connectivity index (χ1n) is 13.2. The van der Waals surface area contributed by atoms with Crippen LogP contribution in [0.25, 0.3) is 0 Å². The van der Waals surface area contributed by atoms with Crippen molar-refractivity contribution in [1.29, 1.82) is 0 Å². The van der Waals surface area contributed by atoms with Crippen LogP contribution in [0.2, 0.25) is 0 Å². The maximum absolute atomic E-state index is 12.8. The van der Waals surface area contributed by atoms with Gasteiger partial charge in [0.05, 0.1) is 24.3 Å². The highest BCUT2D eigenvalue weighted by molar-refractivity contribution is 5.89. The Hall–Kier alpha value is -2.10. The highest BCUT2D eigenvalue weighted by atomic mass is 19.4. The van der Waals surface area contributed by atoms with E-state index in [9.17, 15) is 35.9 Å². The molecule has 0 spiro atoms. The molecular formula is C28H47F6NO3.